The van der Waals surface area contributed by atoms with Crippen LogP contribution in [0, 0.1) is 0 Å². The summed E-state index contributed by atoms with van der Waals surface area (Å²) in [6.45, 7) is 3.46. The van der Waals surface area contributed by atoms with Crippen LogP contribution in [-0.4, -0.2) is 14.9 Å². The average Bonchev–Trinajstić information content (AvgIpc) is 3.48. The Balaban J connectivity index is 1.48. The summed E-state index contributed by atoms with van der Waals surface area (Å²) in [6, 6.07) is 31.5. The number of hydrogen-bond acceptors (Lipinski definition) is 4. The van der Waals surface area contributed by atoms with Crippen LogP contribution in [0.5, 0.6) is 11.5 Å². The van der Waals surface area contributed by atoms with Crippen LogP contribution in [0.4, 0.5) is 0 Å². The molecule has 0 spiro atoms. The number of para-hydroxylation sites is 2. The van der Waals surface area contributed by atoms with E-state index in [1.807, 2.05) is 77.5 Å². The maximum absolute atomic E-state index is 10.6. The molecule has 6 heteroatoms. The van der Waals surface area contributed by atoms with Crippen molar-refractivity contribution in [3.05, 3.63) is 108 Å². The first-order valence-corrected chi connectivity index (χ1v) is 12.1. The average molecular weight is 487 g/mol. The predicted molar refractivity (Wildman–Crippen MR) is 139 cm³/mol. The molecule has 0 atom stereocenters. The van der Waals surface area contributed by atoms with Gasteiger partial charge in [-0.3, -0.25) is 0 Å². The van der Waals surface area contributed by atoms with Crippen LogP contribution >= 0.6 is 22.9 Å². The van der Waals surface area contributed by atoms with Gasteiger partial charge in [0.25, 0.3) is 0 Å². The molecule has 0 amide bonds. The molecule has 0 saturated heterocycles. The van der Waals surface area contributed by atoms with Crippen molar-refractivity contribution in [2.75, 3.05) is 0 Å². The zero-order chi connectivity index (χ0) is 23.7. The predicted octanol–water partition coefficient (Wildman–Crippen LogP) is 7.94. The van der Waals surface area contributed by atoms with E-state index in [1.165, 1.54) is 0 Å². The normalized spacial score (nSPS) is 11.5. The van der Waals surface area contributed by atoms with Gasteiger partial charge in [0.1, 0.15) is 17.1 Å². The van der Waals surface area contributed by atoms with Gasteiger partial charge in [-0.1, -0.05) is 41.9 Å². The Morgan fingerprint density at radius 1 is 0.824 bits per heavy atom. The molecule has 2 heterocycles. The zero-order valence-electron chi connectivity index (χ0n) is 18.8. The molecular weight excluding hydrogens is 464 g/mol. The third-order valence-electron chi connectivity index (χ3n) is 5.39. The molecule has 0 aliphatic heterocycles. The summed E-state index contributed by atoms with van der Waals surface area (Å²) < 4.78 is 7.72. The van der Waals surface area contributed by atoms with Gasteiger partial charge in [-0.2, -0.15) is 5.10 Å². The van der Waals surface area contributed by atoms with Gasteiger partial charge in [0.15, 0.2) is 0 Å². The summed E-state index contributed by atoms with van der Waals surface area (Å²) in [7, 11) is 0. The minimum absolute atomic E-state index is 0.583. The van der Waals surface area contributed by atoms with E-state index >= 15 is 0 Å². The maximum Gasteiger partial charge on any atom is 0.127 e. The van der Waals surface area contributed by atoms with E-state index in [0.717, 1.165) is 38.2 Å². The van der Waals surface area contributed by atoms with Gasteiger partial charge in [-0.05, 0) is 86.1 Å². The van der Waals surface area contributed by atoms with Gasteiger partial charge in [0, 0.05) is 4.88 Å². The molecule has 3 aromatic carbocycles. The Morgan fingerprint density at radius 3 is 2.18 bits per heavy atom. The second kappa shape index (κ2) is 9.11. The van der Waals surface area contributed by atoms with E-state index in [9.17, 15) is 5.11 Å². The van der Waals surface area contributed by atoms with Crippen LogP contribution in [-0.2, 0) is 5.60 Å². The van der Waals surface area contributed by atoms with Crippen LogP contribution < -0.4 is 4.74 Å². The molecule has 0 saturated carbocycles. The first-order chi connectivity index (χ1) is 16.4. The highest BCUT2D eigenvalue weighted by atomic mass is 35.5. The largest absolute Gasteiger partial charge is 0.457 e. The van der Waals surface area contributed by atoms with Gasteiger partial charge in [-0.25, -0.2) is 4.68 Å². The van der Waals surface area contributed by atoms with Gasteiger partial charge in [0.2, 0.25) is 0 Å². The van der Waals surface area contributed by atoms with Crippen LogP contribution in [0.2, 0.25) is 5.02 Å². The number of thiophene rings is 1. The molecule has 1 N–H and O–H groups in total. The Kier molecular flexibility index (Phi) is 6.00. The van der Waals surface area contributed by atoms with Crippen molar-refractivity contribution in [2.24, 2.45) is 0 Å². The molecule has 2 aromatic heterocycles. The topological polar surface area (TPSA) is 47.3 Å². The molecule has 0 aliphatic carbocycles. The molecule has 0 bridgehead atoms. The maximum atomic E-state index is 10.6. The molecule has 170 valence electrons. The van der Waals surface area contributed by atoms with E-state index in [1.54, 1.807) is 25.2 Å². The number of aromatic nitrogens is 2. The van der Waals surface area contributed by atoms with Crippen LogP contribution in [0.1, 0.15) is 19.5 Å². The monoisotopic (exact) mass is 486 g/mol. The smallest absolute Gasteiger partial charge is 0.127 e. The van der Waals surface area contributed by atoms with Crippen LogP contribution in [0.15, 0.2) is 97.1 Å². The minimum Gasteiger partial charge on any atom is -0.457 e. The van der Waals surface area contributed by atoms with E-state index < -0.39 is 5.60 Å². The van der Waals surface area contributed by atoms with Gasteiger partial charge in [-0.15, -0.1) is 11.3 Å². The number of ether oxygens (including phenoxy) is 1. The van der Waals surface area contributed by atoms with Crippen molar-refractivity contribution in [1.82, 2.24) is 9.78 Å². The Morgan fingerprint density at radius 2 is 1.47 bits per heavy atom. The molecule has 0 fully saturated rings. The Hall–Kier alpha value is -3.38. The summed E-state index contributed by atoms with van der Waals surface area (Å²) in [5.74, 6) is 1.60. The molecule has 0 aliphatic rings. The lowest BCUT2D eigenvalue weighted by Crippen LogP contribution is -2.16. The zero-order valence-corrected chi connectivity index (χ0v) is 20.3. The van der Waals surface area contributed by atoms with Crippen LogP contribution in [0.25, 0.3) is 26.7 Å². The van der Waals surface area contributed by atoms with Crippen molar-refractivity contribution in [3.63, 3.8) is 0 Å². The van der Waals surface area contributed by atoms with Crippen molar-refractivity contribution >= 4 is 22.9 Å². The Labute approximate surface area is 207 Å². The molecule has 5 rings (SSSR count). The number of hydrogen-bond donors (Lipinski definition) is 1. The quantitative estimate of drug-likeness (QED) is 0.265. The standard InChI is InChI=1S/C28H23ClN2O2S/c1-28(2,32)27-18-24(31(30-27)23-11-7-6-10-22(23)29)26-17-16-25(34-26)19-12-14-21(15-13-19)33-20-8-4-3-5-9-20/h3-18,32H,1-2H3. The summed E-state index contributed by atoms with van der Waals surface area (Å²) >= 11 is 8.15. The molecule has 0 radical (unpaired) electrons. The van der Waals surface area contributed by atoms with Crippen molar-refractivity contribution in [3.8, 4) is 38.2 Å². The number of aliphatic hydroxyl groups is 1. The van der Waals surface area contributed by atoms with E-state index in [0.29, 0.717) is 10.7 Å². The summed E-state index contributed by atoms with van der Waals surface area (Å²) in [5.41, 5.74) is 2.26. The van der Waals surface area contributed by atoms with Gasteiger partial charge >= 0.3 is 0 Å². The molecule has 34 heavy (non-hydrogen) atoms. The fourth-order valence-corrected chi connectivity index (χ4v) is 4.83. The van der Waals surface area contributed by atoms with Crippen molar-refractivity contribution < 1.29 is 9.84 Å². The fourth-order valence-electron chi connectivity index (χ4n) is 3.61. The molecule has 4 nitrogen and oxygen atoms in total. The molecule has 0 unspecified atom stereocenters. The lowest BCUT2D eigenvalue weighted by Gasteiger charge is -2.13. The lowest BCUT2D eigenvalue weighted by atomic mass is 10.1. The first-order valence-electron chi connectivity index (χ1n) is 10.9. The second-order valence-corrected chi connectivity index (χ2v) is 9.93. The highest BCUT2D eigenvalue weighted by molar-refractivity contribution is 7.18. The van der Waals surface area contributed by atoms with E-state index in [4.69, 9.17) is 21.4 Å². The summed E-state index contributed by atoms with van der Waals surface area (Å²) in [6.07, 6.45) is 0. The summed E-state index contributed by atoms with van der Waals surface area (Å²) in [5, 5.41) is 15.9. The fraction of sp³-hybridized carbons (Fsp3) is 0.107. The third-order valence-corrected chi connectivity index (χ3v) is 6.87. The molecule has 5 aromatic rings. The number of benzene rings is 3. The van der Waals surface area contributed by atoms with E-state index in [-0.39, 0.29) is 0 Å². The van der Waals surface area contributed by atoms with E-state index in [2.05, 4.69) is 24.3 Å². The SMILES string of the molecule is CC(C)(O)c1cc(-c2ccc(-c3ccc(Oc4ccccc4)cc3)s2)n(-c2ccccc2Cl)n1. The third kappa shape index (κ3) is 4.64. The van der Waals surface area contributed by atoms with Crippen molar-refractivity contribution in [2.45, 2.75) is 19.4 Å². The van der Waals surface area contributed by atoms with Gasteiger partial charge in [0.05, 0.1) is 27.0 Å². The van der Waals surface area contributed by atoms with Crippen LogP contribution in [0.3, 0.4) is 0 Å². The number of nitrogens with zero attached hydrogens (tertiary/aromatic N) is 2. The highest BCUT2D eigenvalue weighted by Gasteiger charge is 2.24. The second-order valence-electron chi connectivity index (χ2n) is 8.44. The Bertz CT molecular complexity index is 1420. The molecular formula is C28H23ClN2O2S. The number of rotatable bonds is 6. The highest BCUT2D eigenvalue weighted by Crippen LogP contribution is 2.38. The minimum atomic E-state index is -1.07. The van der Waals surface area contributed by atoms with Gasteiger partial charge < -0.3 is 9.84 Å². The summed E-state index contributed by atoms with van der Waals surface area (Å²) in [4.78, 5) is 2.15. The lowest BCUT2D eigenvalue weighted by molar-refractivity contribution is 0.0734. The van der Waals surface area contributed by atoms with Crippen molar-refractivity contribution in [1.29, 1.82) is 0 Å². The first kappa shape index (κ1) is 22.4. The number of halogens is 1.